The molecule has 3 heterocycles. The number of rotatable bonds is 4. The van der Waals surface area contributed by atoms with E-state index in [0.717, 1.165) is 27.8 Å². The summed E-state index contributed by atoms with van der Waals surface area (Å²) in [7, 11) is -3.84. The largest absolute Gasteiger partial charge is 0.465 e. The molecule has 5 rings (SSSR count). The van der Waals surface area contributed by atoms with E-state index in [1.165, 1.54) is 8.87 Å². The highest BCUT2D eigenvalue weighted by Crippen LogP contribution is 2.40. The molecule has 0 atom stereocenters. The fraction of sp³-hybridized carbons (Fsp3) is 0.200. The van der Waals surface area contributed by atoms with Crippen LogP contribution in [0.4, 0.5) is 10.5 Å². The van der Waals surface area contributed by atoms with E-state index in [1.807, 2.05) is 37.3 Å². The summed E-state index contributed by atoms with van der Waals surface area (Å²) in [6, 6.07) is 18.1. The van der Waals surface area contributed by atoms with Crippen molar-refractivity contribution in [2.45, 2.75) is 11.8 Å². The number of hydrogen-bond donors (Lipinski definition) is 1. The molecule has 8 nitrogen and oxygen atoms in total. The van der Waals surface area contributed by atoms with E-state index < -0.39 is 16.1 Å². The van der Waals surface area contributed by atoms with E-state index in [9.17, 15) is 18.3 Å². The molecule has 0 bridgehead atoms. The molecule has 0 radical (unpaired) electrons. The number of aromatic nitrogens is 2. The number of amides is 1. The molecule has 1 fully saturated rings. The van der Waals surface area contributed by atoms with Crippen molar-refractivity contribution in [2.24, 2.45) is 0 Å². The summed E-state index contributed by atoms with van der Waals surface area (Å²) < 4.78 is 28.2. The van der Waals surface area contributed by atoms with Crippen LogP contribution in [-0.2, 0) is 10.0 Å². The number of carbonyl (C=O) groups is 1. The van der Waals surface area contributed by atoms with Crippen LogP contribution in [0.3, 0.4) is 0 Å². The van der Waals surface area contributed by atoms with Gasteiger partial charge < -0.3 is 14.9 Å². The first kappa shape index (κ1) is 22.0. The van der Waals surface area contributed by atoms with Crippen LogP contribution in [0.15, 0.2) is 78.0 Å². The molecule has 4 aromatic rings. The normalized spacial score (nSPS) is 14.5. The van der Waals surface area contributed by atoms with E-state index in [0.29, 0.717) is 31.8 Å². The summed E-state index contributed by atoms with van der Waals surface area (Å²) in [6.45, 7) is 3.63. The van der Waals surface area contributed by atoms with Gasteiger partial charge in [0.1, 0.15) is 0 Å². The van der Waals surface area contributed by atoms with Gasteiger partial charge in [-0.1, -0.05) is 48.5 Å². The molecule has 1 amide bonds. The molecular weight excluding hydrogens is 452 g/mol. The SMILES string of the molecule is Cc1cn(S(=O)(=O)c2ccccc2)c2ncc(-c3ccccc3)c(N3CCN(C(=O)O)CC3)c12. The number of piperazine rings is 1. The molecule has 0 aliphatic carbocycles. The topological polar surface area (TPSA) is 95.7 Å². The Kier molecular flexibility index (Phi) is 5.49. The Morgan fingerprint density at radius 3 is 2.18 bits per heavy atom. The third-order valence-electron chi connectivity index (χ3n) is 6.20. The Hall–Kier alpha value is -3.85. The van der Waals surface area contributed by atoms with Gasteiger partial charge in [-0.3, -0.25) is 0 Å². The number of anilines is 1. The summed E-state index contributed by atoms with van der Waals surface area (Å²) in [4.78, 5) is 19.8. The second-order valence-electron chi connectivity index (χ2n) is 8.27. The van der Waals surface area contributed by atoms with Crippen LogP contribution in [0.25, 0.3) is 22.2 Å². The molecule has 1 aliphatic heterocycles. The number of nitrogens with zero attached hydrogens (tertiary/aromatic N) is 4. The van der Waals surface area contributed by atoms with Gasteiger partial charge in [0.2, 0.25) is 0 Å². The van der Waals surface area contributed by atoms with Crippen LogP contribution in [-0.4, -0.2) is 59.7 Å². The predicted molar refractivity (Wildman–Crippen MR) is 131 cm³/mol. The lowest BCUT2D eigenvalue weighted by atomic mass is 10.0. The van der Waals surface area contributed by atoms with Crippen molar-refractivity contribution in [3.05, 3.63) is 78.6 Å². The quantitative estimate of drug-likeness (QED) is 0.477. The minimum absolute atomic E-state index is 0.192. The first-order chi connectivity index (χ1) is 16.4. The predicted octanol–water partition coefficient (Wildman–Crippen LogP) is 4.05. The number of aryl methyl sites for hydroxylation is 1. The molecule has 9 heteroatoms. The first-order valence-electron chi connectivity index (χ1n) is 11.0. The third kappa shape index (κ3) is 3.67. The van der Waals surface area contributed by atoms with Crippen molar-refractivity contribution in [1.29, 1.82) is 0 Å². The maximum absolute atomic E-state index is 13.5. The lowest BCUT2D eigenvalue weighted by molar-refractivity contribution is 0.142. The van der Waals surface area contributed by atoms with Crippen LogP contribution < -0.4 is 4.90 Å². The van der Waals surface area contributed by atoms with Gasteiger partial charge in [0.25, 0.3) is 10.0 Å². The monoisotopic (exact) mass is 476 g/mol. The molecule has 34 heavy (non-hydrogen) atoms. The Bertz CT molecular complexity index is 1460. The lowest BCUT2D eigenvalue weighted by Gasteiger charge is -2.36. The molecule has 174 valence electrons. The van der Waals surface area contributed by atoms with Gasteiger partial charge in [0.15, 0.2) is 5.65 Å². The molecule has 1 N–H and O–H groups in total. The van der Waals surface area contributed by atoms with Gasteiger partial charge in [0, 0.05) is 49.5 Å². The number of pyridine rings is 1. The van der Waals surface area contributed by atoms with Crippen molar-refractivity contribution in [1.82, 2.24) is 13.9 Å². The average molecular weight is 477 g/mol. The maximum Gasteiger partial charge on any atom is 0.407 e. The van der Waals surface area contributed by atoms with Crippen molar-refractivity contribution in [3.8, 4) is 11.1 Å². The van der Waals surface area contributed by atoms with Crippen molar-refractivity contribution in [3.63, 3.8) is 0 Å². The fourth-order valence-electron chi connectivity index (χ4n) is 4.49. The van der Waals surface area contributed by atoms with Gasteiger partial charge in [-0.25, -0.2) is 22.2 Å². The summed E-state index contributed by atoms with van der Waals surface area (Å²) in [5.74, 6) is 0. The van der Waals surface area contributed by atoms with Crippen LogP contribution in [0.5, 0.6) is 0 Å². The Morgan fingerprint density at radius 2 is 1.56 bits per heavy atom. The summed E-state index contributed by atoms with van der Waals surface area (Å²) >= 11 is 0. The number of carboxylic acid groups (broad SMARTS) is 1. The van der Waals surface area contributed by atoms with Gasteiger partial charge in [0.05, 0.1) is 10.6 Å². The zero-order valence-corrected chi connectivity index (χ0v) is 19.4. The number of hydrogen-bond acceptors (Lipinski definition) is 5. The van der Waals surface area contributed by atoms with Crippen LogP contribution >= 0.6 is 0 Å². The minimum Gasteiger partial charge on any atom is -0.465 e. The van der Waals surface area contributed by atoms with Crippen molar-refractivity contribution >= 4 is 32.8 Å². The van der Waals surface area contributed by atoms with E-state index in [2.05, 4.69) is 9.88 Å². The highest BCUT2D eigenvalue weighted by Gasteiger charge is 2.28. The van der Waals surface area contributed by atoms with E-state index in [-0.39, 0.29) is 4.90 Å². The second kappa shape index (κ2) is 8.49. The van der Waals surface area contributed by atoms with Gasteiger partial charge in [-0.15, -0.1) is 0 Å². The molecule has 1 saturated heterocycles. The molecular formula is C25H24N4O4S. The fourth-order valence-corrected chi connectivity index (χ4v) is 5.88. The molecule has 0 unspecified atom stereocenters. The van der Waals surface area contributed by atoms with Gasteiger partial charge >= 0.3 is 6.09 Å². The van der Waals surface area contributed by atoms with Crippen molar-refractivity contribution in [2.75, 3.05) is 31.1 Å². The second-order valence-corrected chi connectivity index (χ2v) is 10.1. The minimum atomic E-state index is -3.84. The summed E-state index contributed by atoms with van der Waals surface area (Å²) in [5, 5.41) is 10.1. The molecule has 0 saturated carbocycles. The molecule has 2 aromatic carbocycles. The lowest BCUT2D eigenvalue weighted by Crippen LogP contribution is -2.48. The molecule has 1 aliphatic rings. The highest BCUT2D eigenvalue weighted by atomic mass is 32.2. The Balaban J connectivity index is 1.72. The van der Waals surface area contributed by atoms with E-state index in [1.54, 1.807) is 42.7 Å². The Morgan fingerprint density at radius 1 is 0.941 bits per heavy atom. The third-order valence-corrected chi connectivity index (χ3v) is 7.86. The summed E-state index contributed by atoms with van der Waals surface area (Å²) in [6.07, 6.45) is 2.40. The van der Waals surface area contributed by atoms with Gasteiger partial charge in [-0.05, 0) is 30.2 Å². The average Bonchev–Trinajstić information content (AvgIpc) is 3.22. The zero-order chi connectivity index (χ0) is 23.9. The van der Waals surface area contributed by atoms with Gasteiger partial charge in [-0.2, -0.15) is 0 Å². The van der Waals surface area contributed by atoms with E-state index >= 15 is 0 Å². The molecule has 0 spiro atoms. The number of fused-ring (bicyclic) bond motifs is 1. The zero-order valence-electron chi connectivity index (χ0n) is 18.6. The smallest absolute Gasteiger partial charge is 0.407 e. The number of benzene rings is 2. The first-order valence-corrected chi connectivity index (χ1v) is 12.4. The summed E-state index contributed by atoms with van der Waals surface area (Å²) in [5.41, 5.74) is 3.87. The van der Waals surface area contributed by atoms with E-state index in [4.69, 9.17) is 0 Å². The standard InChI is InChI=1S/C25H24N4O4S/c1-18-17-29(34(32,33)20-10-6-3-7-11-20)24-22(18)23(27-12-14-28(15-13-27)25(30)31)21(16-26-24)19-8-4-2-5-9-19/h2-11,16-17H,12-15H2,1H3,(H,30,31). The van der Waals surface area contributed by atoms with Crippen LogP contribution in [0, 0.1) is 6.92 Å². The van der Waals surface area contributed by atoms with Crippen LogP contribution in [0.1, 0.15) is 5.56 Å². The maximum atomic E-state index is 13.5. The highest BCUT2D eigenvalue weighted by molar-refractivity contribution is 7.90. The molecule has 2 aromatic heterocycles. The van der Waals surface area contributed by atoms with Crippen molar-refractivity contribution < 1.29 is 18.3 Å². The van der Waals surface area contributed by atoms with Crippen LogP contribution in [0.2, 0.25) is 0 Å². The Labute approximate surface area is 197 Å².